The number of aliphatic hydroxyl groups excluding tert-OH is 1. The molecule has 5 nitrogen and oxygen atoms in total. The van der Waals surface area contributed by atoms with Crippen LogP contribution < -0.4 is 0 Å². The van der Waals surface area contributed by atoms with Crippen LogP contribution >= 0.6 is 0 Å². The van der Waals surface area contributed by atoms with Crippen LogP contribution in [0.15, 0.2) is 25.3 Å². The molecule has 0 aliphatic heterocycles. The van der Waals surface area contributed by atoms with Gasteiger partial charge in [-0.05, 0) is 13.3 Å². The highest BCUT2D eigenvalue weighted by atomic mass is 16.4. The van der Waals surface area contributed by atoms with E-state index in [1.54, 1.807) is 0 Å². The van der Waals surface area contributed by atoms with Crippen LogP contribution in [0, 0.1) is 0 Å². The van der Waals surface area contributed by atoms with Gasteiger partial charge >= 0.3 is 11.9 Å². The van der Waals surface area contributed by atoms with E-state index in [0.29, 0.717) is 0 Å². The molecule has 0 saturated heterocycles. The second-order valence-electron chi connectivity index (χ2n) is 5.20. The van der Waals surface area contributed by atoms with Gasteiger partial charge in [-0.25, -0.2) is 9.59 Å². The van der Waals surface area contributed by atoms with E-state index in [-0.39, 0.29) is 6.10 Å². The zero-order valence-corrected chi connectivity index (χ0v) is 14.7. The van der Waals surface area contributed by atoms with Gasteiger partial charge in [0, 0.05) is 12.2 Å². The Morgan fingerprint density at radius 2 is 1.17 bits per heavy atom. The van der Waals surface area contributed by atoms with Gasteiger partial charge in [0.05, 0.1) is 6.10 Å². The Morgan fingerprint density at radius 3 is 1.43 bits per heavy atom. The summed E-state index contributed by atoms with van der Waals surface area (Å²) in [6, 6.07) is 0. The molecular weight excluding hydrogens is 296 g/mol. The Morgan fingerprint density at radius 1 is 0.870 bits per heavy atom. The summed E-state index contributed by atoms with van der Waals surface area (Å²) in [7, 11) is 0. The van der Waals surface area contributed by atoms with Gasteiger partial charge in [-0.2, -0.15) is 0 Å². The largest absolute Gasteiger partial charge is 0.478 e. The molecule has 0 rings (SSSR count). The number of aliphatic carboxylic acids is 2. The van der Waals surface area contributed by atoms with E-state index in [1.165, 1.54) is 51.4 Å². The molecule has 0 aromatic carbocycles. The number of carboxylic acid groups (broad SMARTS) is 2. The van der Waals surface area contributed by atoms with Crippen molar-refractivity contribution in [3.63, 3.8) is 0 Å². The lowest BCUT2D eigenvalue weighted by atomic mass is 10.1. The Hall–Kier alpha value is -1.62. The summed E-state index contributed by atoms with van der Waals surface area (Å²) in [5.41, 5.74) is 0. The van der Waals surface area contributed by atoms with Gasteiger partial charge in [0.2, 0.25) is 0 Å². The third kappa shape index (κ3) is 44.9. The Labute approximate surface area is 140 Å². The standard InChI is InChI=1S/C12H26O.2C3H4O2/c1-3-4-5-6-7-8-9-10-11-12(2)13;2*1-2-3(4)5/h12-13H,3-11H2,1-2H3;2*2H,1H2,(H,4,5). The molecule has 0 aromatic heterocycles. The summed E-state index contributed by atoms with van der Waals surface area (Å²) in [6.45, 7) is 10.1. The van der Waals surface area contributed by atoms with E-state index in [0.717, 1.165) is 18.6 Å². The highest BCUT2D eigenvalue weighted by Gasteiger charge is 1.95. The highest BCUT2D eigenvalue weighted by Crippen LogP contribution is 2.10. The van der Waals surface area contributed by atoms with Crippen LogP contribution in [0.1, 0.15) is 71.6 Å². The normalized spacial score (nSPS) is 10.2. The molecule has 0 aromatic rings. The first-order valence-electron chi connectivity index (χ1n) is 8.20. The van der Waals surface area contributed by atoms with Crippen molar-refractivity contribution in [1.29, 1.82) is 0 Å². The number of rotatable bonds is 11. The number of hydrogen-bond acceptors (Lipinski definition) is 3. The van der Waals surface area contributed by atoms with Crippen molar-refractivity contribution in [1.82, 2.24) is 0 Å². The van der Waals surface area contributed by atoms with Crippen LogP contribution in [0.25, 0.3) is 0 Å². The van der Waals surface area contributed by atoms with Gasteiger partial charge in [-0.15, -0.1) is 0 Å². The van der Waals surface area contributed by atoms with Crippen LogP contribution in [-0.2, 0) is 9.59 Å². The molecule has 3 N–H and O–H groups in total. The lowest BCUT2D eigenvalue weighted by Crippen LogP contribution is -1.98. The molecule has 0 radical (unpaired) electrons. The molecule has 5 heteroatoms. The van der Waals surface area contributed by atoms with Crippen LogP contribution in [0.2, 0.25) is 0 Å². The van der Waals surface area contributed by atoms with E-state index >= 15 is 0 Å². The summed E-state index contributed by atoms with van der Waals surface area (Å²) in [4.78, 5) is 18.5. The molecule has 0 saturated carbocycles. The molecule has 23 heavy (non-hydrogen) atoms. The Balaban J connectivity index is -0.000000329. The third-order valence-electron chi connectivity index (χ3n) is 2.82. The minimum Gasteiger partial charge on any atom is -0.478 e. The molecule has 0 aliphatic rings. The molecule has 0 bridgehead atoms. The van der Waals surface area contributed by atoms with Gasteiger partial charge in [0.25, 0.3) is 0 Å². The fourth-order valence-corrected chi connectivity index (χ4v) is 1.57. The summed E-state index contributed by atoms with van der Waals surface area (Å²) in [5.74, 6) is -1.96. The average Bonchev–Trinajstić information content (AvgIpc) is 2.50. The maximum atomic E-state index is 9.25. The topological polar surface area (TPSA) is 94.8 Å². The van der Waals surface area contributed by atoms with Crippen molar-refractivity contribution in [2.75, 3.05) is 0 Å². The Kier molecular flexibility index (Phi) is 25.9. The van der Waals surface area contributed by atoms with Crippen molar-refractivity contribution in [2.45, 2.75) is 77.7 Å². The van der Waals surface area contributed by atoms with E-state index in [2.05, 4.69) is 20.1 Å². The minimum atomic E-state index is -0.981. The van der Waals surface area contributed by atoms with Gasteiger partial charge in [0.1, 0.15) is 0 Å². The molecule has 0 spiro atoms. The highest BCUT2D eigenvalue weighted by molar-refractivity contribution is 5.79. The van der Waals surface area contributed by atoms with Crippen LogP contribution in [0.5, 0.6) is 0 Å². The van der Waals surface area contributed by atoms with Crippen molar-refractivity contribution < 1.29 is 24.9 Å². The van der Waals surface area contributed by atoms with Crippen LogP contribution in [-0.4, -0.2) is 33.4 Å². The van der Waals surface area contributed by atoms with Gasteiger partial charge in [-0.1, -0.05) is 71.4 Å². The van der Waals surface area contributed by atoms with E-state index in [4.69, 9.17) is 15.3 Å². The Bertz CT molecular complexity index is 280. The first-order valence-corrected chi connectivity index (χ1v) is 8.20. The van der Waals surface area contributed by atoms with Crippen LogP contribution in [0.4, 0.5) is 0 Å². The smallest absolute Gasteiger partial charge is 0.327 e. The summed E-state index contributed by atoms with van der Waals surface area (Å²) < 4.78 is 0. The van der Waals surface area contributed by atoms with Crippen molar-refractivity contribution in [3.8, 4) is 0 Å². The maximum absolute atomic E-state index is 9.25. The predicted molar refractivity (Wildman–Crippen MR) is 94.6 cm³/mol. The molecular formula is C18H34O5. The lowest BCUT2D eigenvalue weighted by Gasteiger charge is -2.03. The van der Waals surface area contributed by atoms with Gasteiger partial charge in [-0.3, -0.25) is 0 Å². The van der Waals surface area contributed by atoms with E-state index < -0.39 is 11.9 Å². The first-order chi connectivity index (χ1) is 10.8. The van der Waals surface area contributed by atoms with Gasteiger partial charge in [0.15, 0.2) is 0 Å². The lowest BCUT2D eigenvalue weighted by molar-refractivity contribution is -0.132. The van der Waals surface area contributed by atoms with E-state index in [1.807, 2.05) is 6.92 Å². The second kappa shape index (κ2) is 22.7. The SMILES string of the molecule is C=CC(=O)O.C=CC(=O)O.CCCCCCCCCCC(C)O. The zero-order valence-electron chi connectivity index (χ0n) is 14.7. The molecule has 0 heterocycles. The summed E-state index contributed by atoms with van der Waals surface area (Å²) >= 11 is 0. The third-order valence-corrected chi connectivity index (χ3v) is 2.82. The summed E-state index contributed by atoms with van der Waals surface area (Å²) in [5, 5.41) is 24.2. The number of carboxylic acids is 2. The number of aliphatic hydroxyl groups is 1. The monoisotopic (exact) mass is 330 g/mol. The minimum absolute atomic E-state index is 0.0971. The molecule has 0 fully saturated rings. The quantitative estimate of drug-likeness (QED) is 0.385. The van der Waals surface area contributed by atoms with Crippen LogP contribution in [0.3, 0.4) is 0 Å². The molecule has 1 atom stereocenters. The molecule has 136 valence electrons. The summed E-state index contributed by atoms with van der Waals surface area (Å²) in [6.07, 6.45) is 13.3. The predicted octanol–water partition coefficient (Wildman–Crippen LogP) is 4.41. The number of carbonyl (C=O) groups is 2. The van der Waals surface area contributed by atoms with Crippen molar-refractivity contribution in [3.05, 3.63) is 25.3 Å². The number of hydrogen-bond donors (Lipinski definition) is 3. The first kappa shape index (κ1) is 26.3. The number of unbranched alkanes of at least 4 members (excludes halogenated alkanes) is 7. The fraction of sp³-hybridized carbons (Fsp3) is 0.667. The second-order valence-corrected chi connectivity index (χ2v) is 5.20. The molecule has 1 unspecified atom stereocenters. The maximum Gasteiger partial charge on any atom is 0.327 e. The fourth-order valence-electron chi connectivity index (χ4n) is 1.57. The average molecular weight is 330 g/mol. The van der Waals surface area contributed by atoms with Gasteiger partial charge < -0.3 is 15.3 Å². The van der Waals surface area contributed by atoms with E-state index in [9.17, 15) is 9.59 Å². The molecule has 0 aliphatic carbocycles. The van der Waals surface area contributed by atoms with Crippen molar-refractivity contribution >= 4 is 11.9 Å². The molecule has 0 amide bonds. The zero-order chi connectivity index (χ0) is 18.5. The van der Waals surface area contributed by atoms with Crippen molar-refractivity contribution in [2.24, 2.45) is 0 Å².